The van der Waals surface area contributed by atoms with Gasteiger partial charge in [0.25, 0.3) is 5.91 Å². The molecule has 2 heterocycles. The van der Waals surface area contributed by atoms with Crippen molar-refractivity contribution < 1.29 is 19.0 Å². The minimum Gasteiger partial charge on any atom is -0.495 e. The Morgan fingerprint density at radius 3 is 2.58 bits per heavy atom. The maximum atomic E-state index is 13.9. The molecule has 1 aromatic heterocycles. The Labute approximate surface area is 245 Å². The van der Waals surface area contributed by atoms with Crippen molar-refractivity contribution >= 4 is 52.3 Å². The number of anilines is 2. The molecule has 5 rings (SSSR count). The highest BCUT2D eigenvalue weighted by Gasteiger charge is 2.34. The molecule has 40 heavy (non-hydrogen) atoms. The number of allylic oxidation sites excluding steroid dienone is 1. The highest BCUT2D eigenvalue weighted by molar-refractivity contribution is 6.35. The lowest BCUT2D eigenvalue weighted by Gasteiger charge is -2.29. The SMILES string of the molecule is COc1cc(NC(=O)C2=C(C)Nc3ncnn3[C@@H]2c2cccc(OCc3ccc(Cl)cc3Cl)c2)c(OC)cc1Cl. The van der Waals surface area contributed by atoms with Crippen molar-refractivity contribution in [1.82, 2.24) is 14.8 Å². The summed E-state index contributed by atoms with van der Waals surface area (Å²) in [5.41, 5.74) is 2.99. The molecule has 0 saturated carbocycles. The molecule has 1 aliphatic rings. The standard InChI is InChI=1S/C28H24Cl3N5O4/c1-15-25(27(37)35-22-12-23(38-2)21(31)11-24(22)39-3)26(36-28(34-15)32-14-33-36)16-5-4-6-19(9-16)40-13-17-7-8-18(29)10-20(17)30/h4-12,14,26H,13H2,1-3H3,(H,35,37)(H,32,33,34)/t26-/m1/s1. The van der Waals surface area contributed by atoms with Crippen LogP contribution >= 0.6 is 34.8 Å². The van der Waals surface area contributed by atoms with Crippen LogP contribution in [0.2, 0.25) is 15.1 Å². The van der Waals surface area contributed by atoms with Gasteiger partial charge in [0.15, 0.2) is 0 Å². The Bertz CT molecular complexity index is 1620. The third kappa shape index (κ3) is 5.54. The summed E-state index contributed by atoms with van der Waals surface area (Å²) >= 11 is 18.6. The van der Waals surface area contributed by atoms with Crippen LogP contribution in [0.25, 0.3) is 0 Å². The van der Waals surface area contributed by atoms with Gasteiger partial charge in [0.1, 0.15) is 36.2 Å². The number of nitrogens with one attached hydrogen (secondary N) is 2. The average Bonchev–Trinajstić information content (AvgIpc) is 3.40. The lowest BCUT2D eigenvalue weighted by molar-refractivity contribution is -0.113. The van der Waals surface area contributed by atoms with Gasteiger partial charge in [-0.15, -0.1) is 0 Å². The third-order valence-corrected chi connectivity index (χ3v) is 7.23. The lowest BCUT2D eigenvalue weighted by atomic mass is 9.94. The molecule has 0 saturated heterocycles. The number of methoxy groups -OCH3 is 2. The largest absolute Gasteiger partial charge is 0.495 e. The highest BCUT2D eigenvalue weighted by atomic mass is 35.5. The van der Waals surface area contributed by atoms with Gasteiger partial charge in [-0.1, -0.05) is 53.0 Å². The molecule has 0 unspecified atom stereocenters. The number of benzene rings is 3. The Hall–Kier alpha value is -3.92. The number of hydrogen-bond acceptors (Lipinski definition) is 7. The van der Waals surface area contributed by atoms with Gasteiger partial charge in [-0.2, -0.15) is 10.1 Å². The molecular formula is C28H24Cl3N5O4. The summed E-state index contributed by atoms with van der Waals surface area (Å²) in [6, 6.07) is 15.3. The van der Waals surface area contributed by atoms with Gasteiger partial charge in [0.2, 0.25) is 5.95 Å². The van der Waals surface area contributed by atoms with Crippen LogP contribution in [-0.2, 0) is 11.4 Å². The first-order valence-electron chi connectivity index (χ1n) is 12.1. The Morgan fingerprint density at radius 2 is 1.82 bits per heavy atom. The summed E-state index contributed by atoms with van der Waals surface area (Å²) in [5, 5.41) is 11.9. The summed E-state index contributed by atoms with van der Waals surface area (Å²) in [6.45, 7) is 2.04. The van der Waals surface area contributed by atoms with E-state index in [9.17, 15) is 4.79 Å². The molecule has 206 valence electrons. The number of fused-ring (bicyclic) bond motifs is 1. The van der Waals surface area contributed by atoms with E-state index in [1.165, 1.54) is 20.5 Å². The number of hydrogen-bond donors (Lipinski definition) is 2. The van der Waals surface area contributed by atoms with Gasteiger partial charge < -0.3 is 24.8 Å². The Balaban J connectivity index is 1.48. The molecule has 0 bridgehead atoms. The predicted molar refractivity (Wildman–Crippen MR) is 155 cm³/mol. The number of nitrogens with zero attached hydrogens (tertiary/aromatic N) is 3. The highest BCUT2D eigenvalue weighted by Crippen LogP contribution is 2.39. The molecule has 1 aliphatic heterocycles. The monoisotopic (exact) mass is 599 g/mol. The van der Waals surface area contributed by atoms with Crippen molar-refractivity contribution in [2.75, 3.05) is 24.9 Å². The molecule has 0 aliphatic carbocycles. The van der Waals surface area contributed by atoms with E-state index in [0.717, 1.165) is 11.1 Å². The second-order valence-corrected chi connectivity index (χ2v) is 10.1. The van der Waals surface area contributed by atoms with E-state index in [1.807, 2.05) is 37.3 Å². The number of carbonyl (C=O) groups excluding carboxylic acids is 1. The molecule has 9 nitrogen and oxygen atoms in total. The molecule has 1 atom stereocenters. The quantitative estimate of drug-likeness (QED) is 0.230. The lowest BCUT2D eigenvalue weighted by Crippen LogP contribution is -2.31. The third-order valence-electron chi connectivity index (χ3n) is 6.34. The number of halogens is 3. The van der Waals surface area contributed by atoms with Crippen molar-refractivity contribution in [3.8, 4) is 17.2 Å². The van der Waals surface area contributed by atoms with Crippen molar-refractivity contribution in [2.24, 2.45) is 0 Å². The fourth-order valence-corrected chi connectivity index (χ4v) is 5.11. The number of carbonyl (C=O) groups is 1. The predicted octanol–water partition coefficient (Wildman–Crippen LogP) is 6.76. The van der Waals surface area contributed by atoms with Crippen LogP contribution in [0.1, 0.15) is 24.1 Å². The summed E-state index contributed by atoms with van der Waals surface area (Å²) in [7, 11) is 2.99. The fraction of sp³-hybridized carbons (Fsp3) is 0.179. The van der Waals surface area contributed by atoms with Gasteiger partial charge in [0.05, 0.1) is 30.5 Å². The van der Waals surface area contributed by atoms with E-state index in [1.54, 1.807) is 28.9 Å². The normalized spacial score (nSPS) is 14.3. The van der Waals surface area contributed by atoms with E-state index in [-0.39, 0.29) is 12.5 Å². The Morgan fingerprint density at radius 1 is 1.02 bits per heavy atom. The van der Waals surface area contributed by atoms with Crippen LogP contribution in [-0.4, -0.2) is 34.9 Å². The second kappa shape index (κ2) is 11.7. The number of rotatable bonds is 8. The van der Waals surface area contributed by atoms with E-state index >= 15 is 0 Å². The van der Waals surface area contributed by atoms with Gasteiger partial charge in [0, 0.05) is 33.4 Å². The Kier molecular flexibility index (Phi) is 8.07. The van der Waals surface area contributed by atoms with Crippen molar-refractivity contribution in [2.45, 2.75) is 19.6 Å². The maximum absolute atomic E-state index is 13.9. The summed E-state index contributed by atoms with van der Waals surface area (Å²) in [4.78, 5) is 18.2. The zero-order valence-corrected chi connectivity index (χ0v) is 23.9. The first-order chi connectivity index (χ1) is 19.3. The molecule has 1 amide bonds. The zero-order chi connectivity index (χ0) is 28.4. The summed E-state index contributed by atoms with van der Waals surface area (Å²) in [5.74, 6) is 1.49. The van der Waals surface area contributed by atoms with Crippen molar-refractivity contribution in [3.63, 3.8) is 0 Å². The van der Waals surface area contributed by atoms with Gasteiger partial charge >= 0.3 is 0 Å². The molecule has 0 fully saturated rings. The molecule has 12 heteroatoms. The molecule has 0 spiro atoms. The summed E-state index contributed by atoms with van der Waals surface area (Å²) in [6.07, 6.45) is 1.43. The van der Waals surface area contributed by atoms with Gasteiger partial charge in [-0.25, -0.2) is 4.68 Å². The van der Waals surface area contributed by atoms with Gasteiger partial charge in [-0.05, 0) is 36.8 Å². The maximum Gasteiger partial charge on any atom is 0.255 e. The number of amides is 1. The molecule has 2 N–H and O–H groups in total. The van der Waals surface area contributed by atoms with E-state index in [0.29, 0.717) is 55.2 Å². The van der Waals surface area contributed by atoms with Crippen LogP contribution in [0.5, 0.6) is 17.2 Å². The first-order valence-corrected chi connectivity index (χ1v) is 13.2. The molecular weight excluding hydrogens is 577 g/mol. The van der Waals surface area contributed by atoms with Crippen LogP contribution in [0, 0.1) is 0 Å². The first kappa shape index (κ1) is 27.6. The smallest absolute Gasteiger partial charge is 0.255 e. The number of aromatic nitrogens is 3. The van der Waals surface area contributed by atoms with E-state index < -0.39 is 6.04 Å². The van der Waals surface area contributed by atoms with E-state index in [4.69, 9.17) is 49.0 Å². The van der Waals surface area contributed by atoms with Crippen LogP contribution in [0.15, 0.2) is 72.2 Å². The topological polar surface area (TPSA) is 99.5 Å². The minimum atomic E-state index is -0.610. The van der Waals surface area contributed by atoms with Crippen LogP contribution in [0.3, 0.4) is 0 Å². The fourth-order valence-electron chi connectivity index (χ4n) is 4.42. The van der Waals surface area contributed by atoms with Crippen molar-refractivity contribution in [3.05, 3.63) is 98.4 Å². The van der Waals surface area contributed by atoms with Crippen molar-refractivity contribution in [1.29, 1.82) is 0 Å². The second-order valence-electron chi connectivity index (χ2n) is 8.83. The average molecular weight is 601 g/mol. The minimum absolute atomic E-state index is 0.237. The van der Waals surface area contributed by atoms with Gasteiger partial charge in [-0.3, -0.25) is 4.79 Å². The molecule has 0 radical (unpaired) electrons. The van der Waals surface area contributed by atoms with E-state index in [2.05, 4.69) is 20.7 Å². The molecule has 3 aromatic carbocycles. The number of ether oxygens (including phenoxy) is 3. The van der Waals surface area contributed by atoms with Crippen LogP contribution < -0.4 is 24.8 Å². The molecule has 4 aromatic rings. The van der Waals surface area contributed by atoms with Crippen LogP contribution in [0.4, 0.5) is 11.6 Å². The zero-order valence-electron chi connectivity index (χ0n) is 21.7. The summed E-state index contributed by atoms with van der Waals surface area (Å²) < 4.78 is 18.5.